The molecular weight excluding hydrogens is 144 g/mol. The van der Waals surface area contributed by atoms with Crippen LogP contribution in [0, 0.1) is 0 Å². The maximum atomic E-state index is 4.54. The lowest BCUT2D eigenvalue weighted by molar-refractivity contribution is 1.26. The minimum Gasteiger partial charge on any atom is -0.396 e. The van der Waals surface area contributed by atoms with Crippen molar-refractivity contribution in [2.45, 2.75) is 0 Å². The van der Waals surface area contributed by atoms with Gasteiger partial charge in [0.2, 0.25) is 0 Å². The first-order valence-corrected chi connectivity index (χ1v) is 2.41. The summed E-state index contributed by atoms with van der Waals surface area (Å²) in [4.78, 5) is 0. The van der Waals surface area contributed by atoms with Gasteiger partial charge in [-0.1, -0.05) is 24.4 Å². The second-order valence-electron chi connectivity index (χ2n) is 0.272. The van der Waals surface area contributed by atoms with Gasteiger partial charge in [-0.15, -0.1) is 0 Å². The van der Waals surface area contributed by atoms with Crippen LogP contribution in [0.4, 0.5) is 0 Å². The minimum absolute atomic E-state index is 1.08. The van der Waals surface area contributed by atoms with Crippen molar-refractivity contribution in [2.24, 2.45) is 23.2 Å². The van der Waals surface area contributed by atoms with E-state index in [4.69, 9.17) is 0 Å². The van der Waals surface area contributed by atoms with Gasteiger partial charge >= 0.3 is 0 Å². The Bertz CT molecular complexity index is 33.0. The van der Waals surface area contributed by atoms with Crippen LogP contribution in [-0.2, 0) is 0 Å². The van der Waals surface area contributed by atoms with E-state index in [1.807, 2.05) is 0 Å². The van der Waals surface area contributed by atoms with Crippen LogP contribution in [0.15, 0.2) is 0 Å². The average molecular weight is 154 g/mol. The van der Waals surface area contributed by atoms with Crippen LogP contribution in [0.3, 0.4) is 0 Å². The van der Waals surface area contributed by atoms with E-state index in [-0.39, 0.29) is 0 Å². The van der Waals surface area contributed by atoms with Crippen LogP contribution in [0.1, 0.15) is 0 Å². The summed E-state index contributed by atoms with van der Waals surface area (Å²) in [6.07, 6.45) is 0. The number of hydrogen-bond acceptors (Lipinski definition) is 4. The monoisotopic (exact) mass is 154 g/mol. The van der Waals surface area contributed by atoms with Gasteiger partial charge in [0.25, 0.3) is 0 Å². The molecule has 0 saturated heterocycles. The van der Waals surface area contributed by atoms with Crippen LogP contribution in [0.5, 0.6) is 0 Å². The summed E-state index contributed by atoms with van der Waals surface area (Å²) in [7, 11) is 0. The van der Waals surface area contributed by atoms with Gasteiger partial charge in [-0.3, -0.25) is 11.7 Å². The molecule has 0 aliphatic rings. The predicted molar refractivity (Wildman–Crippen MR) is 44.1 cm³/mol. The molecule has 0 aliphatic heterocycles. The molecule has 0 rings (SSSR count). The first-order valence-electron chi connectivity index (χ1n) is 1.47. The van der Waals surface area contributed by atoms with Crippen molar-refractivity contribution in [3.8, 4) is 0 Å². The summed E-state index contributed by atoms with van der Waals surface area (Å²) in [5, 5.41) is 0. The highest BCUT2D eigenvalue weighted by Crippen LogP contribution is 1.16. The van der Waals surface area contributed by atoms with Crippen LogP contribution in [-0.4, -0.2) is 11.0 Å². The second-order valence-corrected chi connectivity index (χ2v) is 0.816. The molecule has 4 nitrogen and oxygen atoms in total. The molecule has 0 saturated carbocycles. The third-order valence-corrected chi connectivity index (χ3v) is 0. The Morgan fingerprint density at radius 1 is 0.875 bits per heavy atom. The van der Waals surface area contributed by atoms with Gasteiger partial charge in [-0.05, 0) is 0 Å². The lowest BCUT2D eigenvalue weighted by Gasteiger charge is -1.36. The maximum absolute atomic E-state index is 4.54. The highest BCUT2D eigenvalue weighted by atomic mass is 32.1. The fourth-order valence-electron chi connectivity index (χ4n) is 0. The molecule has 0 spiro atoms. The van der Waals surface area contributed by atoms with Gasteiger partial charge in [0.05, 0.1) is 11.0 Å². The second kappa shape index (κ2) is 75.3. The molecule has 0 atom stereocenters. The molecule has 0 fully saturated rings. The maximum Gasteiger partial charge on any atom is 0.0588 e. The van der Waals surface area contributed by atoms with Crippen molar-refractivity contribution in [1.82, 2.24) is 0 Å². The van der Waals surface area contributed by atoms with Crippen molar-refractivity contribution >= 4 is 35.4 Å². The van der Waals surface area contributed by atoms with E-state index < -0.39 is 0 Å². The summed E-state index contributed by atoms with van der Waals surface area (Å²) in [6, 6.07) is 0. The molecular formula is C2H10N4S2. The number of nitrogens with two attached hydrogens (primary N) is 4. The first kappa shape index (κ1) is 15.6. The summed E-state index contributed by atoms with van der Waals surface area (Å²) < 4.78 is 0. The molecule has 6 heteroatoms. The van der Waals surface area contributed by atoms with Gasteiger partial charge in [0.1, 0.15) is 0 Å². The Morgan fingerprint density at radius 3 is 0.875 bits per heavy atom. The van der Waals surface area contributed by atoms with Gasteiger partial charge in [-0.2, -0.15) is 0 Å². The number of hydrazine groups is 1. The van der Waals surface area contributed by atoms with E-state index in [1.165, 1.54) is 0 Å². The molecule has 0 radical (unpaired) electrons. The van der Waals surface area contributed by atoms with E-state index in [1.54, 1.807) is 0 Å². The standard InChI is InChI=1S/2CH3NS.H4N2/c2*2-1-3;1-2/h2*1H,(H2,2,3);1-2H2. The van der Waals surface area contributed by atoms with Gasteiger partial charge in [-0.25, -0.2) is 0 Å². The summed E-state index contributed by atoms with van der Waals surface area (Å²) >= 11 is 8.09. The fourth-order valence-corrected chi connectivity index (χ4v) is 0. The molecule has 0 aromatic rings. The molecule has 8 N–H and O–H groups in total. The zero-order chi connectivity index (χ0) is 7.41. The van der Waals surface area contributed by atoms with E-state index >= 15 is 0 Å². The van der Waals surface area contributed by atoms with E-state index in [0.717, 1.165) is 11.0 Å². The van der Waals surface area contributed by atoms with Crippen molar-refractivity contribution in [3.63, 3.8) is 0 Å². The topological polar surface area (TPSA) is 104 Å². The van der Waals surface area contributed by atoms with E-state index in [0.29, 0.717) is 0 Å². The molecule has 0 aromatic carbocycles. The predicted octanol–water partition coefficient (Wildman–Crippen LogP) is -1.38. The minimum atomic E-state index is 1.08. The van der Waals surface area contributed by atoms with E-state index in [2.05, 4.69) is 47.6 Å². The Hall–Kier alpha value is -0.300. The molecule has 8 heavy (non-hydrogen) atoms. The molecule has 50 valence electrons. The van der Waals surface area contributed by atoms with Crippen molar-refractivity contribution in [3.05, 3.63) is 0 Å². The Morgan fingerprint density at radius 2 is 0.875 bits per heavy atom. The van der Waals surface area contributed by atoms with Gasteiger partial charge < -0.3 is 11.5 Å². The Balaban J connectivity index is -0.0000000483. The lowest BCUT2D eigenvalue weighted by Crippen LogP contribution is -2.02. The largest absolute Gasteiger partial charge is 0.396 e. The lowest BCUT2D eigenvalue weighted by atomic mass is 11.6. The van der Waals surface area contributed by atoms with E-state index in [9.17, 15) is 0 Å². The highest BCUT2D eigenvalue weighted by Gasteiger charge is 1.13. The highest BCUT2D eigenvalue weighted by molar-refractivity contribution is 7.79. The first-order chi connectivity index (χ1) is 3.83. The summed E-state index contributed by atoms with van der Waals surface area (Å²) in [5.41, 5.74) is 11.2. The summed E-state index contributed by atoms with van der Waals surface area (Å²) in [5.74, 6) is 8.00. The number of thiocarbonyl (C=S) groups is 2. The zero-order valence-corrected chi connectivity index (χ0v) is 5.91. The smallest absolute Gasteiger partial charge is 0.0588 e. The van der Waals surface area contributed by atoms with Crippen LogP contribution >= 0.6 is 24.4 Å². The fraction of sp³-hybridized carbons (Fsp3) is 0. The molecule has 0 heterocycles. The molecule has 0 aromatic heterocycles. The number of hydrogen-bond donors (Lipinski definition) is 4. The molecule has 0 amide bonds. The van der Waals surface area contributed by atoms with Crippen molar-refractivity contribution < 1.29 is 0 Å². The van der Waals surface area contributed by atoms with Crippen molar-refractivity contribution in [1.29, 1.82) is 0 Å². The third-order valence-electron chi connectivity index (χ3n) is 0. The van der Waals surface area contributed by atoms with Crippen molar-refractivity contribution in [2.75, 3.05) is 0 Å². The summed E-state index contributed by atoms with van der Waals surface area (Å²) in [6.45, 7) is 0. The van der Waals surface area contributed by atoms with Gasteiger partial charge in [0, 0.05) is 0 Å². The Labute approximate surface area is 59.2 Å². The average Bonchev–Trinajstić information content (AvgIpc) is 1.75. The normalized spacial score (nSPS) is 3.75. The van der Waals surface area contributed by atoms with Crippen LogP contribution in [0.2, 0.25) is 0 Å². The Kier molecular flexibility index (Phi) is 147. The van der Waals surface area contributed by atoms with Gasteiger partial charge in [0.15, 0.2) is 0 Å². The number of rotatable bonds is 0. The molecule has 0 unspecified atom stereocenters. The molecule has 0 aliphatic carbocycles. The SMILES string of the molecule is NC=S.NC=S.NN. The zero-order valence-electron chi connectivity index (χ0n) is 4.28. The van der Waals surface area contributed by atoms with Crippen LogP contribution < -0.4 is 23.2 Å². The molecule has 0 bridgehead atoms. The van der Waals surface area contributed by atoms with Crippen LogP contribution in [0.25, 0.3) is 0 Å². The third kappa shape index (κ3) is 1400. The quantitative estimate of drug-likeness (QED) is 0.195.